The molecule has 0 atom stereocenters. The predicted molar refractivity (Wildman–Crippen MR) is 54.7 cm³/mol. The number of unbranched alkanes of at least 4 members (excludes halogenated alkanes) is 1. The molecule has 0 fully saturated rings. The molecule has 13 heavy (non-hydrogen) atoms. The normalized spacial score (nSPS) is 10.0. The van der Waals surface area contributed by atoms with Gasteiger partial charge >= 0.3 is 0 Å². The maximum Gasteiger partial charge on any atom is 0.163 e. The van der Waals surface area contributed by atoms with Crippen molar-refractivity contribution in [1.29, 1.82) is 0 Å². The van der Waals surface area contributed by atoms with Crippen LogP contribution < -0.4 is 0 Å². The lowest BCUT2D eigenvalue weighted by atomic mass is 10.00. The van der Waals surface area contributed by atoms with Gasteiger partial charge in [-0.25, -0.2) is 0 Å². The third kappa shape index (κ3) is 2.69. The van der Waals surface area contributed by atoms with Gasteiger partial charge < -0.3 is 0 Å². The first-order valence-corrected chi connectivity index (χ1v) is 4.70. The topological polar surface area (TPSA) is 17.1 Å². The summed E-state index contributed by atoms with van der Waals surface area (Å²) in [7, 11) is 0. The number of Topliss-reactive ketones (excluding diaryl/α,β-unsaturated/α-hetero) is 1. The van der Waals surface area contributed by atoms with Crippen LogP contribution >= 0.6 is 0 Å². The second-order valence-corrected chi connectivity index (χ2v) is 3.18. The molecule has 1 heteroatoms. The van der Waals surface area contributed by atoms with Gasteiger partial charge in [0.05, 0.1) is 0 Å². The summed E-state index contributed by atoms with van der Waals surface area (Å²) in [6, 6.07) is 7.71. The van der Waals surface area contributed by atoms with Gasteiger partial charge in [-0.05, 0) is 18.4 Å². The van der Waals surface area contributed by atoms with E-state index in [0.29, 0.717) is 0 Å². The van der Waals surface area contributed by atoms with Crippen LogP contribution in [0.3, 0.4) is 0 Å². The molecule has 0 aliphatic rings. The van der Waals surface area contributed by atoms with E-state index in [1.54, 1.807) is 0 Å². The summed E-state index contributed by atoms with van der Waals surface area (Å²) in [6.45, 7) is 5.59. The summed E-state index contributed by atoms with van der Waals surface area (Å²) >= 11 is 0. The highest BCUT2D eigenvalue weighted by atomic mass is 16.1. The molecule has 1 rings (SSSR count). The lowest BCUT2D eigenvalue weighted by molar-refractivity contribution is 0.104. The van der Waals surface area contributed by atoms with Crippen molar-refractivity contribution in [2.24, 2.45) is 0 Å². The number of ketones is 1. The van der Waals surface area contributed by atoms with Gasteiger partial charge in [-0.2, -0.15) is 0 Å². The van der Waals surface area contributed by atoms with Crippen LogP contribution in [0.2, 0.25) is 0 Å². The Kier molecular flexibility index (Phi) is 3.69. The van der Waals surface area contributed by atoms with E-state index in [4.69, 9.17) is 0 Å². The van der Waals surface area contributed by atoms with Crippen LogP contribution in [0.25, 0.3) is 0 Å². The number of rotatable bonds is 4. The smallest absolute Gasteiger partial charge is 0.163 e. The van der Waals surface area contributed by atoms with Gasteiger partial charge in [0.25, 0.3) is 0 Å². The van der Waals surface area contributed by atoms with Crippen molar-refractivity contribution in [3.63, 3.8) is 0 Å². The predicted octanol–water partition coefficient (Wildman–Crippen LogP) is 3.05. The molecule has 69 valence electrons. The zero-order chi connectivity index (χ0) is 9.68. The molecule has 1 radical (unpaired) electrons. The molecule has 0 heterocycles. The summed E-state index contributed by atoms with van der Waals surface area (Å²) in [6.07, 6.45) is 3.26. The van der Waals surface area contributed by atoms with Gasteiger partial charge in [0.1, 0.15) is 0 Å². The summed E-state index contributed by atoms with van der Waals surface area (Å²) in [5, 5.41) is 0. The zero-order valence-corrected chi connectivity index (χ0v) is 8.05. The zero-order valence-electron chi connectivity index (χ0n) is 8.05. The summed E-state index contributed by atoms with van der Waals surface area (Å²) in [5.74, 6) is -0.0771. The monoisotopic (exact) mass is 175 g/mol. The lowest BCUT2D eigenvalue weighted by Crippen LogP contribution is -1.99. The van der Waals surface area contributed by atoms with Crippen LogP contribution in [0.1, 0.15) is 35.7 Å². The number of hydrogen-bond acceptors (Lipinski definition) is 1. The fourth-order valence-corrected chi connectivity index (χ4v) is 1.38. The molecule has 0 saturated heterocycles. The fraction of sp³-hybridized carbons (Fsp3) is 0.333. The first-order valence-electron chi connectivity index (χ1n) is 4.70. The Morgan fingerprint density at radius 2 is 2.08 bits per heavy atom. The van der Waals surface area contributed by atoms with Crippen molar-refractivity contribution in [2.45, 2.75) is 26.2 Å². The minimum atomic E-state index is -0.0771. The minimum Gasteiger partial charge on any atom is -0.294 e. The molecule has 0 spiro atoms. The van der Waals surface area contributed by atoms with Crippen LogP contribution in [-0.2, 0) is 6.42 Å². The number of benzene rings is 1. The maximum atomic E-state index is 11.1. The average Bonchev–Trinajstić information content (AvgIpc) is 2.15. The van der Waals surface area contributed by atoms with Crippen molar-refractivity contribution in [3.8, 4) is 0 Å². The van der Waals surface area contributed by atoms with Gasteiger partial charge in [-0.3, -0.25) is 4.79 Å². The van der Waals surface area contributed by atoms with E-state index in [0.717, 1.165) is 30.4 Å². The van der Waals surface area contributed by atoms with Crippen LogP contribution in [0.4, 0.5) is 0 Å². The van der Waals surface area contributed by atoms with Gasteiger partial charge in [0.15, 0.2) is 5.78 Å². The van der Waals surface area contributed by atoms with Crippen LogP contribution in [-0.4, -0.2) is 5.78 Å². The molecule has 1 nitrogen and oxygen atoms in total. The molecule has 0 bridgehead atoms. The molecule has 0 aliphatic carbocycles. The van der Waals surface area contributed by atoms with Crippen LogP contribution in [0.15, 0.2) is 24.3 Å². The van der Waals surface area contributed by atoms with E-state index >= 15 is 0 Å². The quantitative estimate of drug-likeness (QED) is 0.643. The molecular weight excluding hydrogens is 160 g/mol. The number of aryl methyl sites for hydroxylation is 1. The Morgan fingerprint density at radius 1 is 1.38 bits per heavy atom. The Bertz CT molecular complexity index is 289. The SMILES string of the molecule is [CH2]C(=O)c1ccccc1CCCC. The standard InChI is InChI=1S/C12H15O/c1-3-4-7-11-8-5-6-9-12(11)10(2)13/h5-6,8-9H,2-4,7H2,1H3. The fourth-order valence-electron chi connectivity index (χ4n) is 1.38. The van der Waals surface area contributed by atoms with Crippen LogP contribution in [0.5, 0.6) is 0 Å². The molecule has 1 aromatic carbocycles. The Labute approximate surface area is 79.8 Å². The number of hydrogen-bond donors (Lipinski definition) is 0. The van der Waals surface area contributed by atoms with Crippen molar-refractivity contribution in [1.82, 2.24) is 0 Å². The average molecular weight is 175 g/mol. The van der Waals surface area contributed by atoms with E-state index < -0.39 is 0 Å². The van der Waals surface area contributed by atoms with Gasteiger partial charge in [0, 0.05) is 12.5 Å². The highest BCUT2D eigenvalue weighted by Gasteiger charge is 2.04. The number of carbonyl (C=O) groups excluding carboxylic acids is 1. The van der Waals surface area contributed by atoms with Crippen LogP contribution in [0, 0.1) is 6.92 Å². The molecule has 0 aromatic heterocycles. The summed E-state index contributed by atoms with van der Waals surface area (Å²) in [4.78, 5) is 11.1. The van der Waals surface area contributed by atoms with E-state index in [-0.39, 0.29) is 5.78 Å². The molecule has 0 saturated carbocycles. The lowest BCUT2D eigenvalue weighted by Gasteiger charge is -2.04. The Hall–Kier alpha value is -1.11. The molecule has 1 aromatic rings. The Balaban J connectivity index is 2.84. The second kappa shape index (κ2) is 4.80. The largest absolute Gasteiger partial charge is 0.294 e. The number of carbonyl (C=O) groups is 1. The summed E-state index contributed by atoms with van der Waals surface area (Å²) in [5.41, 5.74) is 1.90. The highest BCUT2D eigenvalue weighted by molar-refractivity contribution is 6.00. The van der Waals surface area contributed by atoms with Gasteiger partial charge in [-0.15, -0.1) is 0 Å². The van der Waals surface area contributed by atoms with Gasteiger partial charge in [0.2, 0.25) is 0 Å². The van der Waals surface area contributed by atoms with Crippen molar-refractivity contribution >= 4 is 5.78 Å². The first kappa shape index (κ1) is 9.97. The molecule has 0 unspecified atom stereocenters. The van der Waals surface area contributed by atoms with Crippen molar-refractivity contribution in [3.05, 3.63) is 42.3 Å². The van der Waals surface area contributed by atoms with E-state index in [1.807, 2.05) is 24.3 Å². The highest BCUT2D eigenvalue weighted by Crippen LogP contribution is 2.12. The van der Waals surface area contributed by atoms with E-state index in [2.05, 4.69) is 13.8 Å². The second-order valence-electron chi connectivity index (χ2n) is 3.18. The minimum absolute atomic E-state index is 0.0771. The summed E-state index contributed by atoms with van der Waals surface area (Å²) < 4.78 is 0. The molecular formula is C12H15O. The van der Waals surface area contributed by atoms with Crippen molar-refractivity contribution in [2.75, 3.05) is 0 Å². The van der Waals surface area contributed by atoms with Gasteiger partial charge in [-0.1, -0.05) is 37.6 Å². The first-order chi connectivity index (χ1) is 6.25. The Morgan fingerprint density at radius 3 is 2.69 bits per heavy atom. The molecule has 0 aliphatic heterocycles. The third-order valence-electron chi connectivity index (χ3n) is 2.12. The third-order valence-corrected chi connectivity index (χ3v) is 2.12. The molecule has 0 amide bonds. The van der Waals surface area contributed by atoms with Crippen molar-refractivity contribution < 1.29 is 4.79 Å². The van der Waals surface area contributed by atoms with E-state index in [1.165, 1.54) is 0 Å². The van der Waals surface area contributed by atoms with E-state index in [9.17, 15) is 4.79 Å². The molecule has 0 N–H and O–H groups in total. The maximum absolute atomic E-state index is 11.1.